The van der Waals surface area contributed by atoms with Gasteiger partial charge in [-0.3, -0.25) is 4.79 Å². The Hall–Kier alpha value is -2.29. The van der Waals surface area contributed by atoms with E-state index in [0.29, 0.717) is 0 Å². The minimum atomic E-state index is -0.792. The van der Waals surface area contributed by atoms with Crippen LogP contribution in [0.4, 0.5) is 5.69 Å². The second kappa shape index (κ2) is 5.60. The van der Waals surface area contributed by atoms with Crippen LogP contribution >= 0.6 is 0 Å². The summed E-state index contributed by atoms with van der Waals surface area (Å²) < 4.78 is 0. The van der Waals surface area contributed by atoms with Crippen LogP contribution in [-0.2, 0) is 17.6 Å². The lowest BCUT2D eigenvalue weighted by molar-refractivity contribution is -0.136. The first kappa shape index (κ1) is 13.7. The number of anilines is 1. The molecule has 1 heterocycles. The van der Waals surface area contributed by atoms with Gasteiger partial charge in [-0.15, -0.1) is 0 Å². The molecule has 3 nitrogen and oxygen atoms in total. The predicted octanol–water partition coefficient (Wildman–Crippen LogP) is 3.36. The summed E-state index contributed by atoms with van der Waals surface area (Å²) in [7, 11) is 2.14. The van der Waals surface area contributed by atoms with E-state index in [1.807, 2.05) is 24.3 Å². The third kappa shape index (κ3) is 2.92. The molecule has 0 saturated heterocycles. The van der Waals surface area contributed by atoms with Crippen molar-refractivity contribution < 1.29 is 9.90 Å². The van der Waals surface area contributed by atoms with Crippen molar-refractivity contribution in [3.63, 3.8) is 0 Å². The van der Waals surface area contributed by atoms with Crippen molar-refractivity contribution in [2.45, 2.75) is 19.3 Å². The highest BCUT2D eigenvalue weighted by Gasteiger charge is 2.14. The van der Waals surface area contributed by atoms with Gasteiger partial charge >= 0.3 is 5.97 Å². The van der Waals surface area contributed by atoms with E-state index in [9.17, 15) is 4.79 Å². The van der Waals surface area contributed by atoms with Crippen molar-refractivity contribution in [1.82, 2.24) is 0 Å². The van der Waals surface area contributed by atoms with Gasteiger partial charge in [-0.2, -0.15) is 0 Å². The Bertz CT molecular complexity index is 661. The second-order valence-electron chi connectivity index (χ2n) is 5.64. The van der Waals surface area contributed by atoms with Gasteiger partial charge in [-0.25, -0.2) is 0 Å². The summed E-state index contributed by atoms with van der Waals surface area (Å²) in [6.07, 6.45) is 2.41. The van der Waals surface area contributed by atoms with Gasteiger partial charge in [0.25, 0.3) is 0 Å². The largest absolute Gasteiger partial charge is 0.481 e. The quantitative estimate of drug-likeness (QED) is 0.937. The number of hydrogen-bond donors (Lipinski definition) is 1. The molecule has 1 N–H and O–H groups in total. The van der Waals surface area contributed by atoms with Crippen LogP contribution in [0.2, 0.25) is 0 Å². The van der Waals surface area contributed by atoms with Crippen molar-refractivity contribution in [3.05, 3.63) is 53.6 Å². The summed E-state index contributed by atoms with van der Waals surface area (Å²) in [5.41, 5.74) is 5.90. The Balaban J connectivity index is 1.88. The van der Waals surface area contributed by atoms with Gasteiger partial charge in [-0.1, -0.05) is 30.3 Å². The molecule has 0 amide bonds. The minimum Gasteiger partial charge on any atom is -0.481 e. The molecule has 0 radical (unpaired) electrons. The molecule has 108 valence electrons. The van der Waals surface area contributed by atoms with Gasteiger partial charge in [0.05, 0.1) is 6.42 Å². The average molecular weight is 281 g/mol. The minimum absolute atomic E-state index is 0.0786. The smallest absolute Gasteiger partial charge is 0.307 e. The summed E-state index contributed by atoms with van der Waals surface area (Å²) in [5.74, 6) is -0.792. The van der Waals surface area contributed by atoms with Crippen LogP contribution in [0.5, 0.6) is 0 Å². The number of carbonyl (C=O) groups is 1. The number of carboxylic acid groups (broad SMARTS) is 1. The first-order valence-corrected chi connectivity index (χ1v) is 7.28. The van der Waals surface area contributed by atoms with E-state index in [1.54, 1.807) is 0 Å². The Morgan fingerprint density at radius 2 is 1.86 bits per heavy atom. The lowest BCUT2D eigenvalue weighted by Gasteiger charge is -2.27. The predicted molar refractivity (Wildman–Crippen MR) is 84.8 cm³/mol. The van der Waals surface area contributed by atoms with Gasteiger partial charge in [0, 0.05) is 19.3 Å². The maximum absolute atomic E-state index is 10.7. The Kier molecular flexibility index (Phi) is 3.65. The van der Waals surface area contributed by atoms with Crippen LogP contribution in [-0.4, -0.2) is 24.7 Å². The number of fused-ring (bicyclic) bond motifs is 1. The molecule has 0 unspecified atom stereocenters. The summed E-state index contributed by atoms with van der Waals surface area (Å²) in [5, 5.41) is 8.81. The number of carboxylic acids is 1. The summed E-state index contributed by atoms with van der Waals surface area (Å²) in [6.45, 7) is 1.12. The van der Waals surface area contributed by atoms with Crippen molar-refractivity contribution in [2.75, 3.05) is 18.5 Å². The lowest BCUT2D eigenvalue weighted by atomic mass is 9.96. The van der Waals surface area contributed by atoms with Crippen LogP contribution in [0, 0.1) is 0 Å². The van der Waals surface area contributed by atoms with Crippen molar-refractivity contribution in [1.29, 1.82) is 0 Å². The van der Waals surface area contributed by atoms with Crippen LogP contribution < -0.4 is 4.90 Å². The van der Waals surface area contributed by atoms with E-state index in [2.05, 4.69) is 30.1 Å². The molecule has 0 saturated carbocycles. The Labute approximate surface area is 124 Å². The zero-order chi connectivity index (χ0) is 14.8. The van der Waals surface area contributed by atoms with Gasteiger partial charge in [0.1, 0.15) is 0 Å². The molecular formula is C18H19NO2. The molecule has 21 heavy (non-hydrogen) atoms. The molecule has 0 aliphatic carbocycles. The lowest BCUT2D eigenvalue weighted by Crippen LogP contribution is -2.24. The SMILES string of the molecule is CN1CCCc2cc(-c3ccc(CC(=O)O)cc3)ccc21. The molecule has 1 aliphatic rings. The molecule has 2 aromatic carbocycles. The standard InChI is InChI=1S/C18H19NO2/c1-19-10-2-3-16-12-15(8-9-17(16)19)14-6-4-13(5-7-14)11-18(20)21/h4-9,12H,2-3,10-11H2,1H3,(H,20,21). The number of nitrogens with zero attached hydrogens (tertiary/aromatic N) is 1. The van der Waals surface area contributed by atoms with E-state index in [0.717, 1.165) is 24.1 Å². The molecule has 3 rings (SSSR count). The van der Waals surface area contributed by atoms with Gasteiger partial charge in [0.2, 0.25) is 0 Å². The number of benzene rings is 2. The molecule has 0 atom stereocenters. The fraction of sp³-hybridized carbons (Fsp3) is 0.278. The number of aliphatic carboxylic acids is 1. The van der Waals surface area contributed by atoms with Crippen LogP contribution in [0.25, 0.3) is 11.1 Å². The first-order valence-electron chi connectivity index (χ1n) is 7.28. The summed E-state index contributed by atoms with van der Waals surface area (Å²) >= 11 is 0. The maximum Gasteiger partial charge on any atom is 0.307 e. The highest BCUT2D eigenvalue weighted by Crippen LogP contribution is 2.30. The van der Waals surface area contributed by atoms with Crippen molar-refractivity contribution in [2.24, 2.45) is 0 Å². The molecule has 0 bridgehead atoms. The number of hydrogen-bond acceptors (Lipinski definition) is 2. The Morgan fingerprint density at radius 3 is 2.57 bits per heavy atom. The monoisotopic (exact) mass is 281 g/mol. The van der Waals surface area contributed by atoms with Crippen LogP contribution in [0.3, 0.4) is 0 Å². The molecule has 3 heteroatoms. The van der Waals surface area contributed by atoms with Gasteiger partial charge in [0.15, 0.2) is 0 Å². The number of aryl methyl sites for hydroxylation is 1. The fourth-order valence-electron chi connectivity index (χ4n) is 2.95. The highest BCUT2D eigenvalue weighted by atomic mass is 16.4. The number of rotatable bonds is 3. The zero-order valence-corrected chi connectivity index (χ0v) is 12.2. The molecule has 0 spiro atoms. The van der Waals surface area contributed by atoms with Crippen LogP contribution in [0.15, 0.2) is 42.5 Å². The maximum atomic E-state index is 10.7. The van der Waals surface area contributed by atoms with E-state index in [4.69, 9.17) is 5.11 Å². The summed E-state index contributed by atoms with van der Waals surface area (Å²) in [4.78, 5) is 13.0. The highest BCUT2D eigenvalue weighted by molar-refractivity contribution is 5.72. The zero-order valence-electron chi connectivity index (χ0n) is 12.2. The van der Waals surface area contributed by atoms with Gasteiger partial charge < -0.3 is 10.0 Å². The molecule has 0 fully saturated rings. The third-order valence-electron chi connectivity index (χ3n) is 4.07. The molecule has 1 aliphatic heterocycles. The van der Waals surface area contributed by atoms with Crippen molar-refractivity contribution >= 4 is 11.7 Å². The first-order chi connectivity index (χ1) is 10.1. The Morgan fingerprint density at radius 1 is 1.14 bits per heavy atom. The fourth-order valence-corrected chi connectivity index (χ4v) is 2.95. The van der Waals surface area contributed by atoms with E-state index in [-0.39, 0.29) is 6.42 Å². The van der Waals surface area contributed by atoms with E-state index < -0.39 is 5.97 Å². The average Bonchev–Trinajstić information content (AvgIpc) is 2.47. The van der Waals surface area contributed by atoms with E-state index in [1.165, 1.54) is 23.2 Å². The molecule has 2 aromatic rings. The molecular weight excluding hydrogens is 262 g/mol. The van der Waals surface area contributed by atoms with Gasteiger partial charge in [-0.05, 0) is 47.2 Å². The van der Waals surface area contributed by atoms with Crippen molar-refractivity contribution in [3.8, 4) is 11.1 Å². The topological polar surface area (TPSA) is 40.5 Å². The second-order valence-corrected chi connectivity index (χ2v) is 5.64. The van der Waals surface area contributed by atoms with Crippen LogP contribution in [0.1, 0.15) is 17.5 Å². The third-order valence-corrected chi connectivity index (χ3v) is 4.07. The molecule has 0 aromatic heterocycles. The normalized spacial score (nSPS) is 13.9. The van der Waals surface area contributed by atoms with E-state index >= 15 is 0 Å². The summed E-state index contributed by atoms with van der Waals surface area (Å²) in [6, 6.07) is 14.4.